The van der Waals surface area contributed by atoms with Crippen LogP contribution in [0.4, 0.5) is 0 Å². The Morgan fingerprint density at radius 2 is 2.07 bits per heavy atom. The van der Waals surface area contributed by atoms with Crippen molar-refractivity contribution in [2.45, 2.75) is 32.5 Å². The molecule has 0 N–H and O–H groups in total. The second-order valence-electron chi connectivity index (χ2n) is 3.61. The maximum atomic E-state index is 5.77. The average Bonchev–Trinajstić information content (AvgIpc) is 2.75. The minimum atomic E-state index is -0.423. The van der Waals surface area contributed by atoms with Crippen LogP contribution in [0.15, 0.2) is 12.1 Å². The van der Waals surface area contributed by atoms with Gasteiger partial charge in [-0.1, -0.05) is 13.3 Å². The van der Waals surface area contributed by atoms with Gasteiger partial charge in [-0.05, 0) is 19.1 Å². The van der Waals surface area contributed by atoms with E-state index in [4.69, 9.17) is 9.47 Å². The highest BCUT2D eigenvalue weighted by Crippen LogP contribution is 2.39. The zero-order chi connectivity index (χ0) is 10.0. The van der Waals surface area contributed by atoms with Gasteiger partial charge in [0.1, 0.15) is 0 Å². The molecule has 1 aliphatic rings. The van der Waals surface area contributed by atoms with Crippen LogP contribution in [0, 0.1) is 6.92 Å². The van der Waals surface area contributed by atoms with Crippen molar-refractivity contribution >= 4 is 11.3 Å². The molecule has 0 amide bonds. The molecule has 0 unspecified atom stereocenters. The fourth-order valence-electron chi connectivity index (χ4n) is 1.83. The lowest BCUT2D eigenvalue weighted by Gasteiger charge is -2.25. The summed E-state index contributed by atoms with van der Waals surface area (Å²) in [5.41, 5.74) is 0. The van der Waals surface area contributed by atoms with Crippen LogP contribution in [0.1, 0.15) is 29.5 Å². The van der Waals surface area contributed by atoms with Gasteiger partial charge in [0, 0.05) is 11.3 Å². The lowest BCUT2D eigenvalue weighted by atomic mass is 10.1. The van der Waals surface area contributed by atoms with Crippen molar-refractivity contribution in [2.24, 2.45) is 0 Å². The summed E-state index contributed by atoms with van der Waals surface area (Å²) in [6, 6.07) is 4.25. The Balaban J connectivity index is 2.26. The number of rotatable bonds is 3. The Morgan fingerprint density at radius 1 is 1.36 bits per heavy atom. The minimum absolute atomic E-state index is 0.423. The van der Waals surface area contributed by atoms with Crippen LogP contribution in [0.2, 0.25) is 0 Å². The molecule has 1 aliphatic heterocycles. The van der Waals surface area contributed by atoms with E-state index in [0.29, 0.717) is 0 Å². The summed E-state index contributed by atoms with van der Waals surface area (Å²) < 4.78 is 11.5. The first-order valence-corrected chi connectivity index (χ1v) is 5.93. The molecule has 1 saturated heterocycles. The third kappa shape index (κ3) is 1.72. The fraction of sp³-hybridized carbons (Fsp3) is 0.636. The lowest BCUT2D eigenvalue weighted by molar-refractivity contribution is -0.168. The van der Waals surface area contributed by atoms with Gasteiger partial charge in [0.15, 0.2) is 0 Å². The normalized spacial score (nSPS) is 20.1. The molecule has 0 spiro atoms. The van der Waals surface area contributed by atoms with Crippen molar-refractivity contribution in [3.63, 3.8) is 0 Å². The van der Waals surface area contributed by atoms with Gasteiger partial charge in [-0.15, -0.1) is 11.3 Å². The summed E-state index contributed by atoms with van der Waals surface area (Å²) >= 11 is 1.77. The Labute approximate surface area is 88.8 Å². The largest absolute Gasteiger partial charge is 0.343 e. The molecule has 1 fully saturated rings. The highest BCUT2D eigenvalue weighted by molar-refractivity contribution is 7.12. The summed E-state index contributed by atoms with van der Waals surface area (Å²) in [6.07, 6.45) is 2.03. The first-order chi connectivity index (χ1) is 6.77. The zero-order valence-corrected chi connectivity index (χ0v) is 9.52. The molecule has 0 radical (unpaired) electrons. The third-order valence-electron chi connectivity index (χ3n) is 2.45. The molecule has 2 nitrogen and oxygen atoms in total. The van der Waals surface area contributed by atoms with Gasteiger partial charge in [-0.25, -0.2) is 0 Å². The predicted octanol–water partition coefficient (Wildman–Crippen LogP) is 3.06. The molecule has 14 heavy (non-hydrogen) atoms. The van der Waals surface area contributed by atoms with Crippen molar-refractivity contribution in [2.75, 3.05) is 13.2 Å². The maximum Gasteiger partial charge on any atom is 0.204 e. The Kier molecular flexibility index (Phi) is 2.91. The molecule has 1 aromatic heterocycles. The van der Waals surface area contributed by atoms with Gasteiger partial charge in [0.2, 0.25) is 5.79 Å². The van der Waals surface area contributed by atoms with Crippen molar-refractivity contribution in [3.8, 4) is 0 Å². The number of aryl methyl sites for hydroxylation is 1. The molecular formula is C11H16O2S. The predicted molar refractivity (Wildman–Crippen MR) is 57.5 cm³/mol. The van der Waals surface area contributed by atoms with E-state index in [9.17, 15) is 0 Å². The summed E-state index contributed by atoms with van der Waals surface area (Å²) in [7, 11) is 0. The first kappa shape index (κ1) is 10.1. The molecule has 2 heterocycles. The Morgan fingerprint density at radius 3 is 2.57 bits per heavy atom. The Bertz CT molecular complexity index is 300. The van der Waals surface area contributed by atoms with E-state index < -0.39 is 5.79 Å². The second-order valence-corrected chi connectivity index (χ2v) is 4.90. The molecule has 0 aromatic carbocycles. The molecule has 0 aliphatic carbocycles. The van der Waals surface area contributed by atoms with Gasteiger partial charge in [0.05, 0.1) is 18.1 Å². The molecule has 78 valence electrons. The fourth-order valence-corrected chi connectivity index (χ4v) is 2.83. The average molecular weight is 212 g/mol. The topological polar surface area (TPSA) is 18.5 Å². The van der Waals surface area contributed by atoms with Crippen LogP contribution in [-0.4, -0.2) is 13.2 Å². The highest BCUT2D eigenvalue weighted by atomic mass is 32.1. The number of hydrogen-bond donors (Lipinski definition) is 0. The Hall–Kier alpha value is -0.380. The molecule has 0 bridgehead atoms. The summed E-state index contributed by atoms with van der Waals surface area (Å²) in [6.45, 7) is 5.71. The maximum absolute atomic E-state index is 5.77. The highest BCUT2D eigenvalue weighted by Gasteiger charge is 2.38. The third-order valence-corrected chi connectivity index (χ3v) is 3.57. The quantitative estimate of drug-likeness (QED) is 0.766. The summed E-state index contributed by atoms with van der Waals surface area (Å²) in [4.78, 5) is 2.53. The SMILES string of the molecule is CCCC1(c2ccc(C)s2)OCCO1. The number of hydrogen-bond acceptors (Lipinski definition) is 3. The van der Waals surface area contributed by atoms with Gasteiger partial charge in [-0.3, -0.25) is 0 Å². The van der Waals surface area contributed by atoms with Crippen LogP contribution >= 0.6 is 11.3 Å². The van der Waals surface area contributed by atoms with E-state index in [0.717, 1.165) is 26.1 Å². The monoisotopic (exact) mass is 212 g/mol. The van der Waals surface area contributed by atoms with Crippen molar-refractivity contribution in [3.05, 3.63) is 21.9 Å². The number of ether oxygens (including phenoxy) is 2. The second kappa shape index (κ2) is 4.01. The molecular weight excluding hydrogens is 196 g/mol. The van der Waals surface area contributed by atoms with Crippen LogP contribution in [-0.2, 0) is 15.3 Å². The number of thiophene rings is 1. The van der Waals surface area contributed by atoms with E-state index in [1.54, 1.807) is 11.3 Å². The molecule has 0 atom stereocenters. The smallest absolute Gasteiger partial charge is 0.204 e. The standard InChI is InChI=1S/C11H16O2S/c1-3-6-11(12-7-8-13-11)10-5-4-9(2)14-10/h4-5H,3,6-8H2,1-2H3. The van der Waals surface area contributed by atoms with Crippen LogP contribution in [0.25, 0.3) is 0 Å². The summed E-state index contributed by atoms with van der Waals surface area (Å²) in [5.74, 6) is -0.423. The van der Waals surface area contributed by atoms with Crippen LogP contribution in [0.5, 0.6) is 0 Å². The van der Waals surface area contributed by atoms with E-state index in [2.05, 4.69) is 26.0 Å². The zero-order valence-electron chi connectivity index (χ0n) is 8.71. The van der Waals surface area contributed by atoms with E-state index in [-0.39, 0.29) is 0 Å². The van der Waals surface area contributed by atoms with Crippen molar-refractivity contribution in [1.29, 1.82) is 0 Å². The van der Waals surface area contributed by atoms with E-state index >= 15 is 0 Å². The van der Waals surface area contributed by atoms with E-state index in [1.165, 1.54) is 9.75 Å². The lowest BCUT2D eigenvalue weighted by Crippen LogP contribution is -2.25. The van der Waals surface area contributed by atoms with Crippen LogP contribution in [0.3, 0.4) is 0 Å². The van der Waals surface area contributed by atoms with Crippen molar-refractivity contribution < 1.29 is 9.47 Å². The van der Waals surface area contributed by atoms with Gasteiger partial charge in [-0.2, -0.15) is 0 Å². The van der Waals surface area contributed by atoms with Crippen molar-refractivity contribution in [1.82, 2.24) is 0 Å². The van der Waals surface area contributed by atoms with Gasteiger partial charge < -0.3 is 9.47 Å². The summed E-state index contributed by atoms with van der Waals surface area (Å²) in [5, 5.41) is 0. The van der Waals surface area contributed by atoms with Crippen LogP contribution < -0.4 is 0 Å². The van der Waals surface area contributed by atoms with E-state index in [1.807, 2.05) is 0 Å². The van der Waals surface area contributed by atoms with Gasteiger partial charge >= 0.3 is 0 Å². The molecule has 0 saturated carbocycles. The minimum Gasteiger partial charge on any atom is -0.343 e. The van der Waals surface area contributed by atoms with Gasteiger partial charge in [0.25, 0.3) is 0 Å². The first-order valence-electron chi connectivity index (χ1n) is 5.12. The molecule has 1 aromatic rings. The molecule has 3 heteroatoms. The molecule has 2 rings (SSSR count).